The average Bonchev–Trinajstić information content (AvgIpc) is 3.08. The maximum absolute atomic E-state index is 13.7. The molecule has 3 rings (SSSR count). The summed E-state index contributed by atoms with van der Waals surface area (Å²) in [7, 11) is -1.94. The van der Waals surface area contributed by atoms with Gasteiger partial charge in [-0.1, -0.05) is 23.5 Å². The molecule has 0 aliphatic heterocycles. The lowest BCUT2D eigenvalue weighted by atomic mass is 10.2. The third-order valence-corrected chi connectivity index (χ3v) is 6.27. The van der Waals surface area contributed by atoms with E-state index in [9.17, 15) is 22.2 Å². The molecule has 3 aromatic rings. The van der Waals surface area contributed by atoms with E-state index < -0.39 is 40.8 Å². The number of aromatic nitrogens is 2. The van der Waals surface area contributed by atoms with E-state index in [1.165, 1.54) is 18.3 Å². The van der Waals surface area contributed by atoms with Gasteiger partial charge in [0.2, 0.25) is 0 Å². The van der Waals surface area contributed by atoms with E-state index in [1.54, 1.807) is 12.1 Å². The zero-order chi connectivity index (χ0) is 19.4. The predicted molar refractivity (Wildman–Crippen MR) is 95.6 cm³/mol. The van der Waals surface area contributed by atoms with Gasteiger partial charge in [-0.05, 0) is 24.3 Å². The number of amides is 1. The molecule has 1 aromatic carbocycles. The first-order chi connectivity index (χ1) is 13.0. The van der Waals surface area contributed by atoms with Gasteiger partial charge in [0, 0.05) is 11.8 Å². The van der Waals surface area contributed by atoms with Crippen molar-refractivity contribution in [3.05, 3.63) is 71.2 Å². The first-order valence-corrected chi connectivity index (χ1v) is 9.72. The van der Waals surface area contributed by atoms with Crippen LogP contribution in [-0.4, -0.2) is 20.1 Å². The number of nitrogens with one attached hydrogen (secondary N) is 1. The van der Waals surface area contributed by atoms with E-state index in [2.05, 4.69) is 15.3 Å². The van der Waals surface area contributed by atoms with Crippen LogP contribution < -0.4 is 5.32 Å². The number of anilines is 1. The summed E-state index contributed by atoms with van der Waals surface area (Å²) in [6.45, 7) is -1.03. The Morgan fingerprint density at radius 2 is 1.89 bits per heavy atom. The molecule has 0 spiro atoms. The molecule has 0 aliphatic carbocycles. The first-order valence-electron chi connectivity index (χ1n) is 7.59. The molecule has 0 bridgehead atoms. The maximum atomic E-state index is 13.7. The van der Waals surface area contributed by atoms with Gasteiger partial charge in [0.05, 0.1) is 16.6 Å². The molecule has 1 amide bonds. The van der Waals surface area contributed by atoms with Crippen LogP contribution in [0.5, 0.6) is 0 Å². The van der Waals surface area contributed by atoms with Crippen LogP contribution in [0.25, 0.3) is 0 Å². The number of pyridine rings is 1. The maximum Gasteiger partial charge on any atom is 0.276 e. The number of benzene rings is 1. The number of hydrogen-bond donors (Lipinski definition) is 1. The largest absolute Gasteiger partial charge is 0.296 e. The van der Waals surface area contributed by atoms with Gasteiger partial charge in [0.1, 0.15) is 33.9 Å². The van der Waals surface area contributed by atoms with Crippen molar-refractivity contribution in [3.8, 4) is 0 Å². The Labute approximate surface area is 158 Å². The normalized spacial score (nSPS) is 12.0. The molecule has 0 saturated carbocycles. The van der Waals surface area contributed by atoms with Crippen molar-refractivity contribution in [1.29, 1.82) is 0 Å². The molecule has 10 heteroatoms. The lowest BCUT2D eigenvalue weighted by molar-refractivity contribution is 0.102. The monoisotopic (exact) mass is 411 g/mol. The average molecular weight is 411 g/mol. The molecule has 2 aromatic heterocycles. The van der Waals surface area contributed by atoms with Gasteiger partial charge in [0.25, 0.3) is 5.91 Å². The van der Waals surface area contributed by atoms with Crippen molar-refractivity contribution in [2.75, 3.05) is 5.32 Å². The highest BCUT2D eigenvalue weighted by molar-refractivity contribution is 7.86. The molecule has 1 N–H and O–H groups in total. The summed E-state index contributed by atoms with van der Waals surface area (Å²) in [5.41, 5.74) is -0.370. The number of alkyl halides is 1. The van der Waals surface area contributed by atoms with Crippen LogP contribution in [0.4, 0.5) is 18.3 Å². The first kappa shape index (κ1) is 19.2. The summed E-state index contributed by atoms with van der Waals surface area (Å²) < 4.78 is 53.3. The van der Waals surface area contributed by atoms with E-state index in [0.29, 0.717) is 0 Å². The summed E-state index contributed by atoms with van der Waals surface area (Å²) in [4.78, 5) is 19.9. The zero-order valence-electron chi connectivity index (χ0n) is 13.6. The summed E-state index contributed by atoms with van der Waals surface area (Å²) in [6.07, 6.45) is 1.44. The van der Waals surface area contributed by atoms with E-state index in [-0.39, 0.29) is 26.3 Å². The summed E-state index contributed by atoms with van der Waals surface area (Å²) in [5.74, 6) is -2.70. The number of carbonyl (C=O) groups excluding carboxylic acids is 1. The SMILES string of the molecule is O=C(Nc1nc(CF)c(S(=O)Cc2c(F)cccc2F)s1)c1ccccn1. The second kappa shape index (κ2) is 8.40. The molecule has 5 nitrogen and oxygen atoms in total. The van der Waals surface area contributed by atoms with Crippen LogP contribution >= 0.6 is 11.3 Å². The molecule has 27 heavy (non-hydrogen) atoms. The molecule has 0 aliphatic rings. The molecule has 0 fully saturated rings. The Bertz CT molecular complexity index is 976. The van der Waals surface area contributed by atoms with Crippen LogP contribution in [0.3, 0.4) is 0 Å². The standard InChI is InChI=1S/C17H12F3N3O2S2/c18-8-14-16(27(25)9-10-11(19)4-3-5-12(10)20)26-17(22-14)23-15(24)13-6-1-2-7-21-13/h1-7H,8-9H2,(H,22,23,24). The van der Waals surface area contributed by atoms with Crippen molar-refractivity contribution >= 4 is 33.2 Å². The van der Waals surface area contributed by atoms with E-state index >= 15 is 0 Å². The third-order valence-electron chi connectivity index (χ3n) is 3.45. The molecule has 1 unspecified atom stereocenters. The Morgan fingerprint density at radius 3 is 2.52 bits per heavy atom. The van der Waals surface area contributed by atoms with Crippen LogP contribution in [0.1, 0.15) is 21.7 Å². The highest BCUT2D eigenvalue weighted by Crippen LogP contribution is 2.29. The molecule has 140 valence electrons. The van der Waals surface area contributed by atoms with Gasteiger partial charge in [-0.3, -0.25) is 19.3 Å². The van der Waals surface area contributed by atoms with Crippen molar-refractivity contribution in [2.24, 2.45) is 0 Å². The van der Waals surface area contributed by atoms with Gasteiger partial charge in [-0.2, -0.15) is 0 Å². The van der Waals surface area contributed by atoms with Gasteiger partial charge < -0.3 is 0 Å². The number of rotatable bonds is 6. The number of halogens is 3. The summed E-state index contributed by atoms with van der Waals surface area (Å²) >= 11 is 0.790. The second-order valence-electron chi connectivity index (χ2n) is 5.25. The smallest absolute Gasteiger partial charge is 0.276 e. The minimum absolute atomic E-state index is 0.0106. The van der Waals surface area contributed by atoms with E-state index in [1.807, 2.05) is 0 Å². The van der Waals surface area contributed by atoms with Crippen LogP contribution in [0.15, 0.2) is 46.8 Å². The summed E-state index contributed by atoms with van der Waals surface area (Å²) in [5, 5.41) is 2.48. The predicted octanol–water partition coefficient (Wildman–Crippen LogP) is 3.85. The fourth-order valence-electron chi connectivity index (χ4n) is 2.18. The van der Waals surface area contributed by atoms with Crippen LogP contribution in [0.2, 0.25) is 0 Å². The Morgan fingerprint density at radius 1 is 1.15 bits per heavy atom. The topological polar surface area (TPSA) is 72.0 Å². The number of hydrogen-bond acceptors (Lipinski definition) is 5. The zero-order valence-corrected chi connectivity index (χ0v) is 15.2. The number of carbonyl (C=O) groups is 1. The molecule has 1 atom stereocenters. The van der Waals surface area contributed by atoms with Gasteiger partial charge in [0.15, 0.2) is 5.13 Å². The number of thiazole rings is 1. The Kier molecular flexibility index (Phi) is 5.97. The molecule has 0 saturated heterocycles. The Hall–Kier alpha value is -2.59. The fourth-order valence-corrected chi connectivity index (χ4v) is 4.69. The minimum atomic E-state index is -1.94. The Balaban J connectivity index is 1.82. The van der Waals surface area contributed by atoms with Crippen molar-refractivity contribution in [2.45, 2.75) is 16.6 Å². The van der Waals surface area contributed by atoms with E-state index in [0.717, 1.165) is 23.5 Å². The highest BCUT2D eigenvalue weighted by atomic mass is 32.2. The minimum Gasteiger partial charge on any atom is -0.296 e. The third kappa shape index (κ3) is 4.40. The van der Waals surface area contributed by atoms with E-state index in [4.69, 9.17) is 0 Å². The van der Waals surface area contributed by atoms with Crippen molar-refractivity contribution < 1.29 is 22.2 Å². The highest BCUT2D eigenvalue weighted by Gasteiger charge is 2.21. The molecular weight excluding hydrogens is 399 g/mol. The van der Waals surface area contributed by atoms with Gasteiger partial charge in [-0.25, -0.2) is 18.2 Å². The number of nitrogens with zero attached hydrogens (tertiary/aromatic N) is 2. The fraction of sp³-hybridized carbons (Fsp3) is 0.118. The van der Waals surface area contributed by atoms with Crippen LogP contribution in [0, 0.1) is 11.6 Å². The van der Waals surface area contributed by atoms with Gasteiger partial charge in [-0.15, -0.1) is 0 Å². The quantitative estimate of drug-likeness (QED) is 0.669. The van der Waals surface area contributed by atoms with Gasteiger partial charge >= 0.3 is 0 Å². The lowest BCUT2D eigenvalue weighted by Gasteiger charge is -2.04. The summed E-state index contributed by atoms with van der Waals surface area (Å²) in [6, 6.07) is 8.06. The van der Waals surface area contributed by atoms with Crippen molar-refractivity contribution in [3.63, 3.8) is 0 Å². The van der Waals surface area contributed by atoms with Crippen molar-refractivity contribution in [1.82, 2.24) is 9.97 Å². The lowest BCUT2D eigenvalue weighted by Crippen LogP contribution is -2.13. The molecule has 2 heterocycles. The molecule has 0 radical (unpaired) electrons. The second-order valence-corrected chi connectivity index (χ2v) is 7.89. The van der Waals surface area contributed by atoms with Crippen LogP contribution in [-0.2, 0) is 23.2 Å². The molecular formula is C17H12F3N3O2S2.